The summed E-state index contributed by atoms with van der Waals surface area (Å²) in [5, 5.41) is 2.31. The summed E-state index contributed by atoms with van der Waals surface area (Å²) in [5.41, 5.74) is 15.6. The maximum absolute atomic E-state index is 6.73. The molecule has 0 amide bonds. The van der Waals surface area contributed by atoms with Crippen molar-refractivity contribution < 1.29 is 25.8 Å². The molecule has 66 heavy (non-hydrogen) atoms. The molecule has 9 aromatic rings. The van der Waals surface area contributed by atoms with Gasteiger partial charge in [-0.1, -0.05) is 165 Å². The summed E-state index contributed by atoms with van der Waals surface area (Å²) >= 11 is 0. The Bertz CT molecular complexity index is 3230. The molecule has 2 heterocycles. The zero-order chi connectivity index (χ0) is 45.3. The van der Waals surface area contributed by atoms with E-state index in [1.165, 1.54) is 44.3 Å². The van der Waals surface area contributed by atoms with E-state index >= 15 is 0 Å². The molecule has 0 fully saturated rings. The Morgan fingerprint density at radius 3 is 1.88 bits per heavy atom. The van der Waals surface area contributed by atoms with Gasteiger partial charge in [0.15, 0.2) is 0 Å². The van der Waals surface area contributed by atoms with Gasteiger partial charge in [-0.2, -0.15) is 35.9 Å². The second kappa shape index (κ2) is 17.1. The fourth-order valence-electron chi connectivity index (χ4n) is 9.12. The Kier molecular flexibility index (Phi) is 11.6. The van der Waals surface area contributed by atoms with Crippen molar-refractivity contribution in [1.29, 1.82) is 0 Å². The molecule has 10 rings (SSSR count). The van der Waals surface area contributed by atoms with Crippen LogP contribution in [0.4, 0.5) is 22.7 Å². The van der Waals surface area contributed by atoms with Crippen molar-refractivity contribution in [3.63, 3.8) is 0 Å². The fourth-order valence-corrected chi connectivity index (χ4v) is 9.12. The molecule has 0 saturated heterocycles. The van der Waals surface area contributed by atoms with Gasteiger partial charge in [0, 0.05) is 39.6 Å². The number of aromatic nitrogens is 1. The molecule has 0 bridgehead atoms. The van der Waals surface area contributed by atoms with E-state index in [1.54, 1.807) is 0 Å². The topological polar surface area (TPSA) is 20.6 Å². The third-order valence-electron chi connectivity index (χ3n) is 12.6. The van der Waals surface area contributed by atoms with Gasteiger partial charge in [0.05, 0.1) is 0 Å². The van der Waals surface area contributed by atoms with Crippen LogP contribution in [-0.4, -0.2) is 4.57 Å². The first-order valence-corrected chi connectivity index (χ1v) is 22.7. The third-order valence-corrected chi connectivity index (χ3v) is 12.6. The van der Waals surface area contributed by atoms with Crippen molar-refractivity contribution in [2.75, 3.05) is 9.80 Å². The minimum atomic E-state index is -0.135. The van der Waals surface area contributed by atoms with E-state index in [2.05, 4.69) is 241 Å². The summed E-state index contributed by atoms with van der Waals surface area (Å²) in [4.78, 5) is 4.58. The second-order valence-electron chi connectivity index (χ2n) is 20.4. The van der Waals surface area contributed by atoms with Crippen LogP contribution in [0.1, 0.15) is 79.0 Å². The Hall–Kier alpha value is -6.35. The molecule has 1 aliphatic rings. The van der Waals surface area contributed by atoms with Crippen LogP contribution in [-0.2, 0) is 37.3 Å². The molecule has 1 aromatic heterocycles. The van der Waals surface area contributed by atoms with Crippen molar-refractivity contribution in [1.82, 2.24) is 4.57 Å². The fraction of sp³-hybridized carbons (Fsp3) is 0.197. The minimum absolute atomic E-state index is 0. The number of hydrogen-bond donors (Lipinski definition) is 0. The van der Waals surface area contributed by atoms with Crippen molar-refractivity contribution in [2.24, 2.45) is 0 Å². The first-order chi connectivity index (χ1) is 31.1. The van der Waals surface area contributed by atoms with Gasteiger partial charge in [-0.25, -0.2) is 0 Å². The van der Waals surface area contributed by atoms with Crippen LogP contribution >= 0.6 is 0 Å². The quantitative estimate of drug-likeness (QED) is 0.148. The maximum Gasteiger partial charge on any atom is 4.00 e. The molecule has 0 aliphatic carbocycles. The normalized spacial score (nSPS) is 13.0. The van der Waals surface area contributed by atoms with E-state index in [4.69, 9.17) is 4.74 Å². The van der Waals surface area contributed by atoms with Gasteiger partial charge >= 0.3 is 21.1 Å². The summed E-state index contributed by atoms with van der Waals surface area (Å²) in [6.45, 7) is 22.6. The number of para-hydroxylation sites is 3. The number of ether oxygens (including phenoxy) is 1. The van der Waals surface area contributed by atoms with Gasteiger partial charge < -0.3 is 19.1 Å². The van der Waals surface area contributed by atoms with E-state index in [9.17, 15) is 0 Å². The van der Waals surface area contributed by atoms with Gasteiger partial charge in [-0.05, 0) is 73.7 Å². The number of hydrogen-bond acceptors (Lipinski definition) is 3. The predicted octanol–water partition coefficient (Wildman–Crippen LogP) is 16.6. The summed E-state index contributed by atoms with van der Waals surface area (Å²) in [6.07, 6.45) is 0. The van der Waals surface area contributed by atoms with Crippen molar-refractivity contribution in [3.8, 4) is 39.4 Å². The molecule has 0 unspecified atom stereocenters. The number of rotatable bonds is 7. The smallest absolute Gasteiger partial charge is 0.509 e. The van der Waals surface area contributed by atoms with Gasteiger partial charge in [0.25, 0.3) is 0 Å². The Balaban J connectivity index is 0.00000548. The van der Waals surface area contributed by atoms with E-state index in [-0.39, 0.29) is 37.3 Å². The second-order valence-corrected chi connectivity index (χ2v) is 20.4. The van der Waals surface area contributed by atoms with Crippen LogP contribution in [0.15, 0.2) is 164 Å². The number of anilines is 4. The van der Waals surface area contributed by atoms with Gasteiger partial charge in [-0.3, -0.25) is 0 Å². The first kappa shape index (κ1) is 44.8. The minimum Gasteiger partial charge on any atom is -0.509 e. The SMILES string of the molecule is CC(C)(C)c1cc[c-]c(-n2c3[c-]c(Oc4[c-]c(N5[CH-]N(c6c(-c7cccc(-c8ccccc8)c7)cccc6C(C)(C)C)c6ccccc65)ccc4)ccc3c3cc(C(C)(C)C)ccc32)c1.[Pt+4]. The molecule has 0 N–H and O–H groups in total. The van der Waals surface area contributed by atoms with Crippen molar-refractivity contribution >= 4 is 44.6 Å². The van der Waals surface area contributed by atoms with E-state index in [0.29, 0.717) is 11.5 Å². The van der Waals surface area contributed by atoms with Crippen molar-refractivity contribution in [3.05, 3.63) is 205 Å². The van der Waals surface area contributed by atoms with Crippen LogP contribution in [0.5, 0.6) is 11.5 Å². The molecule has 0 spiro atoms. The average Bonchev–Trinajstić information content (AvgIpc) is 3.84. The Morgan fingerprint density at radius 2 is 1.14 bits per heavy atom. The van der Waals surface area contributed by atoms with Crippen LogP contribution in [0, 0.1) is 24.9 Å². The summed E-state index contributed by atoms with van der Waals surface area (Å²) in [7, 11) is 0. The molecule has 0 saturated carbocycles. The molecule has 0 atom stereocenters. The number of nitrogens with zero attached hydrogens (tertiary/aromatic N) is 3. The molecule has 8 aromatic carbocycles. The van der Waals surface area contributed by atoms with E-state index < -0.39 is 0 Å². The number of fused-ring (bicyclic) bond motifs is 4. The van der Waals surface area contributed by atoms with Crippen LogP contribution in [0.3, 0.4) is 0 Å². The van der Waals surface area contributed by atoms with Gasteiger partial charge in [0.1, 0.15) is 0 Å². The third kappa shape index (κ3) is 8.37. The molecular formula is C61H55N3OPt. The van der Waals surface area contributed by atoms with Gasteiger partial charge in [-0.15, -0.1) is 54.1 Å². The van der Waals surface area contributed by atoms with Crippen LogP contribution < -0.4 is 14.5 Å². The standard InChI is InChI=1S/C61H55N3O.Pt/c1-59(2,3)44-23-16-25-47(36-44)64-54-34-31-45(60(4,5)6)37-52(54)51-33-32-49(39-57(51)64)65-48-26-17-24-46(38-48)62-40-63(56-30-14-13-29-55(56)62)58-50(27-18-28-53(58)61(7,8)9)43-22-15-21-42(35-43)41-19-11-10-12-20-41;/h10-24,26-37,40H,1-9H3;/q-4;+4. The zero-order valence-electron chi connectivity index (χ0n) is 39.2. The zero-order valence-corrected chi connectivity index (χ0v) is 41.5. The first-order valence-electron chi connectivity index (χ1n) is 22.7. The summed E-state index contributed by atoms with van der Waals surface area (Å²) in [5.74, 6) is 1.22. The van der Waals surface area contributed by atoms with Crippen molar-refractivity contribution in [2.45, 2.75) is 78.6 Å². The van der Waals surface area contributed by atoms with Crippen LogP contribution in [0.25, 0.3) is 49.7 Å². The Morgan fingerprint density at radius 1 is 0.485 bits per heavy atom. The largest absolute Gasteiger partial charge is 4.00 e. The monoisotopic (exact) mass is 1040 g/mol. The van der Waals surface area contributed by atoms with Gasteiger partial charge in [0.2, 0.25) is 0 Å². The maximum atomic E-state index is 6.73. The average molecular weight is 1040 g/mol. The molecule has 4 nitrogen and oxygen atoms in total. The molecule has 5 heteroatoms. The summed E-state index contributed by atoms with van der Waals surface area (Å²) in [6, 6.07) is 69.4. The molecule has 1 aliphatic heterocycles. The Labute approximate surface area is 405 Å². The van der Waals surface area contributed by atoms with E-state index in [1.807, 2.05) is 24.3 Å². The van der Waals surface area contributed by atoms with Crippen LogP contribution in [0.2, 0.25) is 0 Å². The van der Waals surface area contributed by atoms with E-state index in [0.717, 1.165) is 44.9 Å². The predicted molar refractivity (Wildman–Crippen MR) is 272 cm³/mol. The molecular weight excluding hydrogens is 986 g/mol. The number of benzene rings is 8. The summed E-state index contributed by atoms with van der Waals surface area (Å²) < 4.78 is 9.01. The molecule has 330 valence electrons. The molecule has 0 radical (unpaired) electrons.